The smallest absolute Gasteiger partial charge is 0.135 e. The van der Waals surface area contributed by atoms with E-state index in [9.17, 15) is 5.11 Å². The molecule has 1 fully saturated rings. The first-order valence-corrected chi connectivity index (χ1v) is 7.05. The van der Waals surface area contributed by atoms with Gasteiger partial charge in [0.15, 0.2) is 0 Å². The van der Waals surface area contributed by atoms with Gasteiger partial charge in [0.05, 0.1) is 6.61 Å². The fourth-order valence-electron chi connectivity index (χ4n) is 2.23. The van der Waals surface area contributed by atoms with Crippen LogP contribution in [0.15, 0.2) is 6.33 Å². The molecule has 1 aromatic rings. The highest BCUT2D eigenvalue weighted by Gasteiger charge is 2.41. The number of hydrogen-bond acceptors (Lipinski definition) is 5. The highest BCUT2D eigenvalue weighted by molar-refractivity contribution is 5.59. The van der Waals surface area contributed by atoms with Crippen LogP contribution < -0.4 is 10.6 Å². The zero-order chi connectivity index (χ0) is 13.9. The summed E-state index contributed by atoms with van der Waals surface area (Å²) < 4.78 is 0. The average molecular weight is 264 g/mol. The molecule has 0 saturated heterocycles. The zero-order valence-corrected chi connectivity index (χ0v) is 12.0. The van der Waals surface area contributed by atoms with Crippen LogP contribution in [0, 0.1) is 5.41 Å². The molecule has 106 valence electrons. The van der Waals surface area contributed by atoms with E-state index in [2.05, 4.69) is 41.4 Å². The summed E-state index contributed by atoms with van der Waals surface area (Å²) in [6.07, 6.45) is 3.78. The van der Waals surface area contributed by atoms with Gasteiger partial charge in [0.1, 0.15) is 18.0 Å². The van der Waals surface area contributed by atoms with Crippen molar-refractivity contribution in [3.63, 3.8) is 0 Å². The van der Waals surface area contributed by atoms with E-state index in [0.29, 0.717) is 5.92 Å². The molecule has 0 radical (unpaired) electrons. The Morgan fingerprint density at radius 1 is 1.26 bits per heavy atom. The summed E-state index contributed by atoms with van der Waals surface area (Å²) in [7, 11) is 0. The van der Waals surface area contributed by atoms with Crippen LogP contribution in [0.25, 0.3) is 0 Å². The predicted octanol–water partition coefficient (Wildman–Crippen LogP) is 2.22. The molecule has 19 heavy (non-hydrogen) atoms. The predicted molar refractivity (Wildman–Crippen MR) is 77.5 cm³/mol. The number of hydrogen-bond donors (Lipinski definition) is 3. The molecule has 5 heteroatoms. The van der Waals surface area contributed by atoms with Crippen molar-refractivity contribution >= 4 is 11.6 Å². The molecule has 0 amide bonds. The van der Waals surface area contributed by atoms with Gasteiger partial charge in [-0.05, 0) is 25.7 Å². The number of nitrogens with zero attached hydrogens (tertiary/aromatic N) is 2. The Bertz CT molecular complexity index is 429. The Kier molecular flexibility index (Phi) is 4.24. The second-order valence-corrected chi connectivity index (χ2v) is 5.68. The Balaban J connectivity index is 2.16. The molecule has 1 aromatic heterocycles. The molecule has 1 aliphatic rings. The Hall–Kier alpha value is -1.36. The van der Waals surface area contributed by atoms with Crippen molar-refractivity contribution in [2.75, 3.05) is 30.3 Å². The van der Waals surface area contributed by atoms with E-state index in [-0.39, 0.29) is 12.0 Å². The first-order valence-electron chi connectivity index (χ1n) is 7.05. The highest BCUT2D eigenvalue weighted by Crippen LogP contribution is 2.45. The van der Waals surface area contributed by atoms with Crippen LogP contribution in [-0.2, 0) is 0 Å². The molecule has 1 heterocycles. The fraction of sp³-hybridized carbons (Fsp3) is 0.714. The van der Waals surface area contributed by atoms with Crippen molar-refractivity contribution < 1.29 is 5.11 Å². The second kappa shape index (κ2) is 5.74. The number of anilines is 2. The first kappa shape index (κ1) is 14.1. The summed E-state index contributed by atoms with van der Waals surface area (Å²) in [6.45, 7) is 8.22. The maximum atomic E-state index is 9.37. The van der Waals surface area contributed by atoms with E-state index in [1.165, 1.54) is 0 Å². The normalized spacial score (nSPS) is 16.5. The van der Waals surface area contributed by atoms with Gasteiger partial charge in [0.2, 0.25) is 0 Å². The van der Waals surface area contributed by atoms with Gasteiger partial charge in [-0.25, -0.2) is 9.97 Å². The lowest BCUT2D eigenvalue weighted by atomic mass is 10.0. The minimum absolute atomic E-state index is 0.0809. The number of aromatic nitrogens is 2. The van der Waals surface area contributed by atoms with Crippen LogP contribution in [-0.4, -0.2) is 34.8 Å². The molecule has 5 nitrogen and oxygen atoms in total. The monoisotopic (exact) mass is 264 g/mol. The van der Waals surface area contributed by atoms with Gasteiger partial charge in [-0.3, -0.25) is 0 Å². The topological polar surface area (TPSA) is 70.1 Å². The van der Waals surface area contributed by atoms with Crippen molar-refractivity contribution in [3.8, 4) is 0 Å². The molecule has 0 aromatic carbocycles. The first-order chi connectivity index (χ1) is 9.12. The second-order valence-electron chi connectivity index (χ2n) is 5.68. The summed E-state index contributed by atoms with van der Waals surface area (Å²) in [5.74, 6) is 2.14. The molecule has 0 atom stereocenters. The maximum absolute atomic E-state index is 9.37. The van der Waals surface area contributed by atoms with Gasteiger partial charge in [0.25, 0.3) is 0 Å². The highest BCUT2D eigenvalue weighted by atomic mass is 16.3. The Labute approximate surface area is 114 Å². The molecule has 1 aliphatic carbocycles. The Morgan fingerprint density at radius 2 is 1.89 bits per heavy atom. The van der Waals surface area contributed by atoms with E-state index in [1.807, 2.05) is 0 Å². The van der Waals surface area contributed by atoms with Crippen molar-refractivity contribution in [2.24, 2.45) is 5.41 Å². The SMILES string of the molecule is CCNc1ncnc(NCC2(CO)CC2)c1C(C)C. The largest absolute Gasteiger partial charge is 0.396 e. The van der Waals surface area contributed by atoms with Crippen molar-refractivity contribution in [2.45, 2.75) is 39.5 Å². The van der Waals surface area contributed by atoms with Gasteiger partial charge >= 0.3 is 0 Å². The minimum atomic E-state index is 0.0809. The molecular formula is C14H24N4O. The average Bonchev–Trinajstić information content (AvgIpc) is 3.17. The van der Waals surface area contributed by atoms with Crippen molar-refractivity contribution in [1.29, 1.82) is 0 Å². The summed E-state index contributed by atoms with van der Waals surface area (Å²) in [5, 5.41) is 16.0. The van der Waals surface area contributed by atoms with Gasteiger partial charge in [-0.2, -0.15) is 0 Å². The van der Waals surface area contributed by atoms with Crippen LogP contribution in [0.4, 0.5) is 11.6 Å². The molecule has 0 bridgehead atoms. The van der Waals surface area contributed by atoms with Gasteiger partial charge < -0.3 is 15.7 Å². The third-order valence-electron chi connectivity index (χ3n) is 3.73. The lowest BCUT2D eigenvalue weighted by Gasteiger charge is -2.19. The van der Waals surface area contributed by atoms with Crippen LogP contribution in [0.3, 0.4) is 0 Å². The zero-order valence-electron chi connectivity index (χ0n) is 12.0. The molecule has 3 N–H and O–H groups in total. The molecule has 2 rings (SSSR count). The fourth-order valence-corrected chi connectivity index (χ4v) is 2.23. The molecular weight excluding hydrogens is 240 g/mol. The van der Waals surface area contributed by atoms with E-state index in [4.69, 9.17) is 0 Å². The van der Waals surface area contributed by atoms with Crippen LogP contribution in [0.2, 0.25) is 0 Å². The van der Waals surface area contributed by atoms with Crippen LogP contribution >= 0.6 is 0 Å². The molecule has 0 aliphatic heterocycles. The summed E-state index contributed by atoms with van der Waals surface area (Å²) >= 11 is 0. The third-order valence-corrected chi connectivity index (χ3v) is 3.73. The van der Waals surface area contributed by atoms with E-state index in [0.717, 1.165) is 43.1 Å². The number of nitrogens with one attached hydrogen (secondary N) is 2. The van der Waals surface area contributed by atoms with Gasteiger partial charge in [-0.15, -0.1) is 0 Å². The molecule has 1 saturated carbocycles. The van der Waals surface area contributed by atoms with Crippen LogP contribution in [0.1, 0.15) is 45.1 Å². The summed E-state index contributed by atoms with van der Waals surface area (Å²) in [6, 6.07) is 0. The van der Waals surface area contributed by atoms with Crippen LogP contribution in [0.5, 0.6) is 0 Å². The lowest BCUT2D eigenvalue weighted by molar-refractivity contribution is 0.219. The lowest BCUT2D eigenvalue weighted by Crippen LogP contribution is -2.21. The Morgan fingerprint density at radius 3 is 2.37 bits per heavy atom. The number of aliphatic hydroxyl groups excluding tert-OH is 1. The number of rotatable bonds is 7. The standard InChI is InChI=1S/C14H24N4O/c1-4-15-12-11(10(2)3)13(18-9-17-12)16-7-14(8-19)5-6-14/h9-10,19H,4-8H2,1-3H3,(H2,15,16,17,18). The number of aliphatic hydroxyl groups is 1. The van der Waals surface area contributed by atoms with Gasteiger partial charge in [-0.1, -0.05) is 13.8 Å². The van der Waals surface area contributed by atoms with E-state index < -0.39 is 0 Å². The third kappa shape index (κ3) is 3.15. The van der Waals surface area contributed by atoms with Crippen molar-refractivity contribution in [1.82, 2.24) is 9.97 Å². The van der Waals surface area contributed by atoms with Crippen molar-refractivity contribution in [3.05, 3.63) is 11.9 Å². The summed E-state index contributed by atoms with van der Waals surface area (Å²) in [4.78, 5) is 8.68. The molecule has 0 unspecified atom stereocenters. The van der Waals surface area contributed by atoms with E-state index >= 15 is 0 Å². The van der Waals surface area contributed by atoms with E-state index in [1.54, 1.807) is 6.33 Å². The minimum Gasteiger partial charge on any atom is -0.396 e. The quantitative estimate of drug-likeness (QED) is 0.704. The molecule has 0 spiro atoms. The van der Waals surface area contributed by atoms with Gasteiger partial charge in [0, 0.05) is 24.1 Å². The summed E-state index contributed by atoms with van der Waals surface area (Å²) in [5.41, 5.74) is 1.20. The maximum Gasteiger partial charge on any atom is 0.135 e.